The Morgan fingerprint density at radius 3 is 2.83 bits per heavy atom. The number of thioether (sulfide) groups is 1. The fourth-order valence-electron chi connectivity index (χ4n) is 2.32. The summed E-state index contributed by atoms with van der Waals surface area (Å²) in [6.45, 7) is 0.481. The van der Waals surface area contributed by atoms with Crippen LogP contribution in [0.25, 0.3) is 10.2 Å². The van der Waals surface area contributed by atoms with E-state index in [4.69, 9.17) is 4.74 Å². The first kappa shape index (κ1) is 17.0. The third-order valence-corrected chi connectivity index (χ3v) is 5.55. The number of para-hydroxylation sites is 2. The van der Waals surface area contributed by atoms with Gasteiger partial charge in [-0.1, -0.05) is 30.3 Å². The third kappa shape index (κ3) is 4.35. The average molecular weight is 358 g/mol. The summed E-state index contributed by atoms with van der Waals surface area (Å²) < 4.78 is 6.34. The minimum atomic E-state index is -0.00957. The maximum Gasteiger partial charge on any atom is 0.234 e. The number of fused-ring (bicyclic) bond motifs is 1. The molecule has 4 nitrogen and oxygen atoms in total. The first-order valence-corrected chi connectivity index (χ1v) is 9.52. The minimum Gasteiger partial charge on any atom is -0.380 e. The van der Waals surface area contributed by atoms with Crippen LogP contribution < -0.4 is 5.32 Å². The van der Waals surface area contributed by atoms with Crippen molar-refractivity contribution in [2.24, 2.45) is 0 Å². The van der Waals surface area contributed by atoms with Crippen LogP contribution >= 0.6 is 23.1 Å². The van der Waals surface area contributed by atoms with Crippen LogP contribution in [0.1, 0.15) is 10.6 Å². The van der Waals surface area contributed by atoms with Gasteiger partial charge in [0.05, 0.1) is 22.6 Å². The van der Waals surface area contributed by atoms with Gasteiger partial charge in [0.25, 0.3) is 0 Å². The number of carbonyl (C=O) groups is 1. The van der Waals surface area contributed by atoms with Crippen molar-refractivity contribution in [3.05, 3.63) is 59.1 Å². The Hall–Kier alpha value is -1.89. The van der Waals surface area contributed by atoms with Crippen LogP contribution in [-0.4, -0.2) is 23.8 Å². The number of nitrogens with zero attached hydrogens (tertiary/aromatic N) is 1. The van der Waals surface area contributed by atoms with Crippen LogP contribution in [0.4, 0.5) is 5.69 Å². The Bertz CT molecular complexity index is 800. The third-order valence-electron chi connectivity index (χ3n) is 3.39. The summed E-state index contributed by atoms with van der Waals surface area (Å²) in [6, 6.07) is 15.8. The highest BCUT2D eigenvalue weighted by Gasteiger charge is 2.08. The Kier molecular flexibility index (Phi) is 5.85. The van der Waals surface area contributed by atoms with Crippen molar-refractivity contribution in [3.8, 4) is 0 Å². The molecule has 0 saturated carbocycles. The number of rotatable bonds is 7. The van der Waals surface area contributed by atoms with Crippen LogP contribution in [0, 0.1) is 0 Å². The molecule has 0 aliphatic rings. The summed E-state index contributed by atoms with van der Waals surface area (Å²) in [5.74, 6) is 1.13. The lowest BCUT2D eigenvalue weighted by atomic mass is 10.2. The largest absolute Gasteiger partial charge is 0.380 e. The van der Waals surface area contributed by atoms with Crippen molar-refractivity contribution in [1.29, 1.82) is 0 Å². The number of ether oxygens (including phenoxy) is 1. The van der Waals surface area contributed by atoms with Gasteiger partial charge in [-0.2, -0.15) is 0 Å². The SMILES string of the molecule is COCc1ccccc1NC(=O)CSCc1nc2ccccc2s1. The predicted molar refractivity (Wildman–Crippen MR) is 102 cm³/mol. The zero-order valence-electron chi connectivity index (χ0n) is 13.3. The van der Waals surface area contributed by atoms with E-state index in [1.807, 2.05) is 42.5 Å². The molecular formula is C18H18N2O2S2. The van der Waals surface area contributed by atoms with Crippen molar-refractivity contribution in [3.63, 3.8) is 0 Å². The summed E-state index contributed by atoms with van der Waals surface area (Å²) >= 11 is 3.25. The van der Waals surface area contributed by atoms with Gasteiger partial charge in [0, 0.05) is 24.1 Å². The van der Waals surface area contributed by atoms with E-state index in [9.17, 15) is 4.79 Å². The van der Waals surface area contributed by atoms with Crippen LogP contribution in [0.3, 0.4) is 0 Å². The summed E-state index contributed by atoms with van der Waals surface area (Å²) in [6.07, 6.45) is 0. The van der Waals surface area contributed by atoms with Gasteiger partial charge >= 0.3 is 0 Å². The Morgan fingerprint density at radius 1 is 1.21 bits per heavy atom. The number of carbonyl (C=O) groups excluding carboxylic acids is 1. The van der Waals surface area contributed by atoms with E-state index < -0.39 is 0 Å². The number of benzene rings is 2. The maximum atomic E-state index is 12.1. The van der Waals surface area contributed by atoms with E-state index >= 15 is 0 Å². The van der Waals surface area contributed by atoms with Crippen LogP contribution in [-0.2, 0) is 21.9 Å². The Balaban J connectivity index is 1.52. The molecule has 124 valence electrons. The molecule has 0 aliphatic heterocycles. The number of methoxy groups -OCH3 is 1. The molecule has 0 atom stereocenters. The molecule has 1 heterocycles. The van der Waals surface area contributed by atoms with Gasteiger partial charge < -0.3 is 10.1 Å². The molecule has 0 fully saturated rings. The number of amides is 1. The monoisotopic (exact) mass is 358 g/mol. The van der Waals surface area contributed by atoms with Crippen molar-refractivity contribution in [2.75, 3.05) is 18.2 Å². The number of nitrogens with one attached hydrogen (secondary N) is 1. The van der Waals surface area contributed by atoms with Gasteiger partial charge in [0.15, 0.2) is 0 Å². The zero-order chi connectivity index (χ0) is 16.8. The van der Waals surface area contributed by atoms with Crippen molar-refractivity contribution < 1.29 is 9.53 Å². The first-order valence-electron chi connectivity index (χ1n) is 7.55. The second kappa shape index (κ2) is 8.28. The molecule has 3 aromatic rings. The van der Waals surface area contributed by atoms with E-state index in [1.165, 1.54) is 4.70 Å². The maximum absolute atomic E-state index is 12.1. The predicted octanol–water partition coefficient (Wildman–Crippen LogP) is 4.31. The number of hydrogen-bond acceptors (Lipinski definition) is 5. The number of hydrogen-bond donors (Lipinski definition) is 1. The minimum absolute atomic E-state index is 0.00957. The van der Waals surface area contributed by atoms with Crippen LogP contribution in [0.2, 0.25) is 0 Å². The molecule has 0 radical (unpaired) electrons. The Morgan fingerprint density at radius 2 is 2.00 bits per heavy atom. The number of anilines is 1. The van der Waals surface area contributed by atoms with Crippen molar-refractivity contribution in [1.82, 2.24) is 4.98 Å². The van der Waals surface area contributed by atoms with Gasteiger partial charge in [0.2, 0.25) is 5.91 Å². The molecule has 0 saturated heterocycles. The van der Waals surface area contributed by atoms with Crippen molar-refractivity contribution in [2.45, 2.75) is 12.4 Å². The summed E-state index contributed by atoms with van der Waals surface area (Å²) in [5.41, 5.74) is 2.81. The molecule has 0 aliphatic carbocycles. The first-order chi connectivity index (χ1) is 11.8. The fraction of sp³-hybridized carbons (Fsp3) is 0.222. The molecule has 6 heteroatoms. The normalized spacial score (nSPS) is 10.9. The lowest BCUT2D eigenvalue weighted by Gasteiger charge is -2.10. The van der Waals surface area contributed by atoms with Crippen LogP contribution in [0.5, 0.6) is 0 Å². The quantitative estimate of drug-likeness (QED) is 0.683. The lowest BCUT2D eigenvalue weighted by molar-refractivity contribution is -0.113. The van der Waals surface area contributed by atoms with E-state index in [2.05, 4.69) is 16.4 Å². The molecule has 1 aromatic heterocycles. The van der Waals surface area contributed by atoms with Gasteiger partial charge in [-0.05, 0) is 18.2 Å². The molecule has 24 heavy (non-hydrogen) atoms. The second-order valence-corrected chi connectivity index (χ2v) is 7.31. The molecule has 0 bridgehead atoms. The second-order valence-electron chi connectivity index (χ2n) is 5.21. The molecule has 0 spiro atoms. The van der Waals surface area contributed by atoms with E-state index in [-0.39, 0.29) is 5.91 Å². The number of aromatic nitrogens is 1. The van der Waals surface area contributed by atoms with Crippen LogP contribution in [0.15, 0.2) is 48.5 Å². The molecule has 3 rings (SSSR count). The smallest absolute Gasteiger partial charge is 0.234 e. The highest BCUT2D eigenvalue weighted by atomic mass is 32.2. The summed E-state index contributed by atoms with van der Waals surface area (Å²) in [7, 11) is 1.65. The average Bonchev–Trinajstić information content (AvgIpc) is 2.99. The highest BCUT2D eigenvalue weighted by molar-refractivity contribution is 7.99. The summed E-state index contributed by atoms with van der Waals surface area (Å²) in [5, 5.41) is 4.00. The fourth-order valence-corrected chi connectivity index (χ4v) is 4.17. The molecule has 1 N–H and O–H groups in total. The van der Waals surface area contributed by atoms with E-state index in [0.29, 0.717) is 12.4 Å². The lowest BCUT2D eigenvalue weighted by Crippen LogP contribution is -2.15. The molecule has 1 amide bonds. The topological polar surface area (TPSA) is 51.2 Å². The zero-order valence-corrected chi connectivity index (χ0v) is 15.0. The summed E-state index contributed by atoms with van der Waals surface area (Å²) in [4.78, 5) is 16.7. The molecule has 0 unspecified atom stereocenters. The van der Waals surface area contributed by atoms with Gasteiger partial charge in [-0.25, -0.2) is 4.98 Å². The van der Waals surface area contributed by atoms with Gasteiger partial charge in [0.1, 0.15) is 5.01 Å². The Labute approximate surface area is 149 Å². The van der Waals surface area contributed by atoms with Crippen molar-refractivity contribution >= 4 is 44.9 Å². The van der Waals surface area contributed by atoms with Gasteiger partial charge in [-0.3, -0.25) is 4.79 Å². The standard InChI is InChI=1S/C18H18N2O2S2/c1-22-10-13-6-2-3-7-14(13)19-17(21)11-23-12-18-20-15-8-4-5-9-16(15)24-18/h2-9H,10-12H2,1H3,(H,19,21). The van der Waals surface area contributed by atoms with E-state index in [1.54, 1.807) is 30.2 Å². The van der Waals surface area contributed by atoms with E-state index in [0.717, 1.165) is 27.5 Å². The highest BCUT2D eigenvalue weighted by Crippen LogP contribution is 2.25. The van der Waals surface area contributed by atoms with Gasteiger partial charge in [-0.15, -0.1) is 23.1 Å². The number of thiazole rings is 1. The molecular weight excluding hydrogens is 340 g/mol. The molecule has 2 aromatic carbocycles.